The SMILES string of the molecule is CCC(=NC)N=C(N)c1ccc(F)cc1. The molecule has 80 valence electrons. The highest BCUT2D eigenvalue weighted by atomic mass is 19.1. The average molecular weight is 207 g/mol. The van der Waals surface area contributed by atoms with Gasteiger partial charge in [0.05, 0.1) is 0 Å². The Bertz CT molecular complexity index is 379. The smallest absolute Gasteiger partial charge is 0.132 e. The van der Waals surface area contributed by atoms with Gasteiger partial charge >= 0.3 is 0 Å². The van der Waals surface area contributed by atoms with E-state index >= 15 is 0 Å². The van der Waals surface area contributed by atoms with Crippen LogP contribution < -0.4 is 5.73 Å². The summed E-state index contributed by atoms with van der Waals surface area (Å²) in [6.45, 7) is 1.95. The zero-order valence-corrected chi connectivity index (χ0v) is 8.87. The number of nitrogens with two attached hydrogens (primary N) is 1. The zero-order valence-electron chi connectivity index (χ0n) is 8.87. The molecule has 1 rings (SSSR count). The molecule has 0 heterocycles. The predicted octanol–water partition coefficient (Wildman–Crippen LogP) is 1.97. The lowest BCUT2D eigenvalue weighted by atomic mass is 10.2. The van der Waals surface area contributed by atoms with Crippen LogP contribution in [0.2, 0.25) is 0 Å². The molecule has 0 aromatic heterocycles. The number of rotatable bonds is 2. The molecule has 0 saturated carbocycles. The lowest BCUT2D eigenvalue weighted by Crippen LogP contribution is -2.15. The highest BCUT2D eigenvalue weighted by Gasteiger charge is 2.00. The molecule has 1 aromatic rings. The van der Waals surface area contributed by atoms with Crippen molar-refractivity contribution in [3.63, 3.8) is 0 Å². The van der Waals surface area contributed by atoms with Gasteiger partial charge in [0, 0.05) is 19.0 Å². The summed E-state index contributed by atoms with van der Waals surface area (Å²) in [5, 5.41) is 0. The number of halogens is 1. The molecule has 0 spiro atoms. The van der Waals surface area contributed by atoms with Crippen molar-refractivity contribution in [2.75, 3.05) is 7.05 Å². The van der Waals surface area contributed by atoms with E-state index in [-0.39, 0.29) is 5.82 Å². The highest BCUT2D eigenvalue weighted by Crippen LogP contribution is 2.02. The Morgan fingerprint density at radius 3 is 2.40 bits per heavy atom. The molecule has 2 N–H and O–H groups in total. The molecule has 1 aromatic carbocycles. The second-order valence-electron chi connectivity index (χ2n) is 3.00. The van der Waals surface area contributed by atoms with Crippen LogP contribution in [0.3, 0.4) is 0 Å². The maximum absolute atomic E-state index is 12.6. The Kier molecular flexibility index (Phi) is 3.97. The largest absolute Gasteiger partial charge is 0.383 e. The van der Waals surface area contributed by atoms with Crippen molar-refractivity contribution in [2.24, 2.45) is 15.7 Å². The van der Waals surface area contributed by atoms with E-state index in [1.165, 1.54) is 12.1 Å². The predicted molar refractivity (Wildman–Crippen MR) is 60.8 cm³/mol. The van der Waals surface area contributed by atoms with Gasteiger partial charge in [0.15, 0.2) is 0 Å². The molecular formula is C11H14FN3. The standard InChI is InChI=1S/C11H14FN3/c1-3-10(14-2)15-11(13)8-4-6-9(12)7-5-8/h4-7H,3H2,1-2H3,(H2,13,14,15). The minimum atomic E-state index is -0.286. The topological polar surface area (TPSA) is 50.7 Å². The first-order valence-electron chi connectivity index (χ1n) is 4.73. The monoisotopic (exact) mass is 207 g/mol. The second kappa shape index (κ2) is 5.24. The Morgan fingerprint density at radius 2 is 1.93 bits per heavy atom. The number of hydrogen-bond donors (Lipinski definition) is 1. The third kappa shape index (κ3) is 3.16. The van der Waals surface area contributed by atoms with E-state index in [1.807, 2.05) is 6.92 Å². The van der Waals surface area contributed by atoms with Crippen LogP contribution in [-0.2, 0) is 0 Å². The molecule has 3 nitrogen and oxygen atoms in total. The highest BCUT2D eigenvalue weighted by molar-refractivity contribution is 6.05. The number of aliphatic imine (C=N–C) groups is 2. The summed E-state index contributed by atoms with van der Waals surface area (Å²) in [5.41, 5.74) is 6.44. The van der Waals surface area contributed by atoms with Gasteiger partial charge in [-0.1, -0.05) is 6.92 Å². The summed E-state index contributed by atoms with van der Waals surface area (Å²) in [7, 11) is 1.67. The molecule has 4 heteroatoms. The number of nitrogens with zero attached hydrogens (tertiary/aromatic N) is 2. The molecule has 0 radical (unpaired) electrons. The van der Waals surface area contributed by atoms with Gasteiger partial charge in [-0.2, -0.15) is 0 Å². The van der Waals surface area contributed by atoms with Gasteiger partial charge in [0.1, 0.15) is 17.5 Å². The molecule has 0 bridgehead atoms. The van der Waals surface area contributed by atoms with Crippen LogP contribution in [0.5, 0.6) is 0 Å². The van der Waals surface area contributed by atoms with Gasteiger partial charge in [-0.15, -0.1) is 0 Å². The van der Waals surface area contributed by atoms with Crippen molar-refractivity contribution in [3.8, 4) is 0 Å². The summed E-state index contributed by atoms with van der Waals surface area (Å²) in [6, 6.07) is 5.90. The minimum Gasteiger partial charge on any atom is -0.383 e. The number of hydrogen-bond acceptors (Lipinski definition) is 1. The average Bonchev–Trinajstić information content (AvgIpc) is 2.26. The maximum Gasteiger partial charge on any atom is 0.132 e. The first kappa shape index (κ1) is 11.4. The van der Waals surface area contributed by atoms with E-state index in [0.29, 0.717) is 17.2 Å². The first-order valence-corrected chi connectivity index (χ1v) is 4.73. The fourth-order valence-corrected chi connectivity index (χ4v) is 1.11. The second-order valence-corrected chi connectivity index (χ2v) is 3.00. The molecule has 0 unspecified atom stereocenters. The van der Waals surface area contributed by atoms with Crippen molar-refractivity contribution in [2.45, 2.75) is 13.3 Å². The first-order chi connectivity index (χ1) is 7.17. The van der Waals surface area contributed by atoms with Crippen molar-refractivity contribution >= 4 is 11.7 Å². The third-order valence-electron chi connectivity index (χ3n) is 1.96. The quantitative estimate of drug-likeness (QED) is 0.585. The van der Waals surface area contributed by atoms with Crippen molar-refractivity contribution in [1.82, 2.24) is 0 Å². The lowest BCUT2D eigenvalue weighted by molar-refractivity contribution is 0.628. The third-order valence-corrected chi connectivity index (χ3v) is 1.96. The van der Waals surface area contributed by atoms with Gasteiger partial charge < -0.3 is 5.73 Å². The van der Waals surface area contributed by atoms with Crippen LogP contribution in [0.4, 0.5) is 4.39 Å². The molecule has 0 atom stereocenters. The number of amidine groups is 2. The molecule has 0 aliphatic rings. The zero-order chi connectivity index (χ0) is 11.3. The van der Waals surface area contributed by atoms with Crippen LogP contribution in [0, 0.1) is 5.82 Å². The van der Waals surface area contributed by atoms with E-state index in [1.54, 1.807) is 19.2 Å². The normalized spacial score (nSPS) is 13.0. The minimum absolute atomic E-state index is 0.286. The summed E-state index contributed by atoms with van der Waals surface area (Å²) in [4.78, 5) is 8.10. The Balaban J connectivity index is 2.93. The molecule has 0 amide bonds. The van der Waals surface area contributed by atoms with E-state index in [9.17, 15) is 4.39 Å². The van der Waals surface area contributed by atoms with Gasteiger partial charge in [0.2, 0.25) is 0 Å². The van der Waals surface area contributed by atoms with Crippen molar-refractivity contribution in [1.29, 1.82) is 0 Å². The lowest BCUT2D eigenvalue weighted by Gasteiger charge is -2.01. The molecule has 15 heavy (non-hydrogen) atoms. The Labute approximate surface area is 88.6 Å². The molecule has 0 saturated heterocycles. The summed E-state index contributed by atoms with van der Waals surface area (Å²) in [5.74, 6) is 0.751. The van der Waals surface area contributed by atoms with Crippen LogP contribution in [-0.4, -0.2) is 18.7 Å². The van der Waals surface area contributed by atoms with Gasteiger partial charge in [-0.25, -0.2) is 9.38 Å². The van der Waals surface area contributed by atoms with Gasteiger partial charge in [0.25, 0.3) is 0 Å². The van der Waals surface area contributed by atoms with Crippen molar-refractivity contribution < 1.29 is 4.39 Å². The summed E-state index contributed by atoms with van der Waals surface area (Å²) < 4.78 is 12.6. The van der Waals surface area contributed by atoms with Crippen molar-refractivity contribution in [3.05, 3.63) is 35.6 Å². The molecule has 0 aliphatic heterocycles. The van der Waals surface area contributed by atoms with Crippen LogP contribution >= 0.6 is 0 Å². The van der Waals surface area contributed by atoms with Gasteiger partial charge in [-0.3, -0.25) is 4.99 Å². The maximum atomic E-state index is 12.6. The van der Waals surface area contributed by atoms with Crippen LogP contribution in [0.15, 0.2) is 34.3 Å². The summed E-state index contributed by atoms with van der Waals surface area (Å²) >= 11 is 0. The van der Waals surface area contributed by atoms with E-state index in [4.69, 9.17) is 5.73 Å². The van der Waals surface area contributed by atoms with E-state index in [2.05, 4.69) is 9.98 Å². The van der Waals surface area contributed by atoms with Crippen LogP contribution in [0.25, 0.3) is 0 Å². The fraction of sp³-hybridized carbons (Fsp3) is 0.273. The fourth-order valence-electron chi connectivity index (χ4n) is 1.11. The van der Waals surface area contributed by atoms with Crippen LogP contribution in [0.1, 0.15) is 18.9 Å². The number of benzene rings is 1. The van der Waals surface area contributed by atoms with E-state index < -0.39 is 0 Å². The van der Waals surface area contributed by atoms with Gasteiger partial charge in [-0.05, 0) is 24.3 Å². The molecular weight excluding hydrogens is 193 g/mol. The Morgan fingerprint density at radius 1 is 1.33 bits per heavy atom. The van der Waals surface area contributed by atoms with E-state index in [0.717, 1.165) is 6.42 Å². The molecule has 0 fully saturated rings. The molecule has 0 aliphatic carbocycles. The summed E-state index contributed by atoms with van der Waals surface area (Å²) in [6.07, 6.45) is 0.721. The Hall–Kier alpha value is -1.71.